The first-order valence-electron chi connectivity index (χ1n) is 10.4. The van der Waals surface area contributed by atoms with Crippen molar-refractivity contribution in [3.8, 4) is 0 Å². The van der Waals surface area contributed by atoms with E-state index in [9.17, 15) is 29.3 Å². The number of ketones is 1. The van der Waals surface area contributed by atoms with E-state index >= 15 is 0 Å². The molecule has 3 aromatic carbocycles. The summed E-state index contributed by atoms with van der Waals surface area (Å²) in [7, 11) is 0. The molecule has 1 atom stereocenters. The van der Waals surface area contributed by atoms with Gasteiger partial charge >= 0.3 is 5.97 Å². The van der Waals surface area contributed by atoms with E-state index in [-0.39, 0.29) is 34.6 Å². The smallest absolute Gasteiger partial charge is 0.338 e. The topological polar surface area (TPSA) is 124 Å². The second-order valence-corrected chi connectivity index (χ2v) is 7.48. The van der Waals surface area contributed by atoms with Gasteiger partial charge in [0.25, 0.3) is 17.5 Å². The first kappa shape index (κ1) is 22.5. The molecule has 4 rings (SSSR count). The number of hydrogen-bond acceptors (Lipinski definition) is 7. The third-order valence-electron chi connectivity index (χ3n) is 5.42. The summed E-state index contributed by atoms with van der Waals surface area (Å²) in [4.78, 5) is 62.2. The molecule has 0 radical (unpaired) electrons. The number of ether oxygens (including phenoxy) is 1. The molecule has 0 saturated carbocycles. The number of fused-ring (bicyclic) bond motifs is 1. The van der Waals surface area contributed by atoms with Crippen molar-refractivity contribution in [3.63, 3.8) is 0 Å². The minimum absolute atomic E-state index is 0.0621. The van der Waals surface area contributed by atoms with Crippen LogP contribution >= 0.6 is 0 Å². The van der Waals surface area contributed by atoms with Crippen molar-refractivity contribution in [3.05, 3.63) is 105 Å². The summed E-state index contributed by atoms with van der Waals surface area (Å²) >= 11 is 0. The van der Waals surface area contributed by atoms with Crippen molar-refractivity contribution in [1.29, 1.82) is 0 Å². The number of carbonyl (C=O) groups excluding carboxylic acids is 4. The normalized spacial score (nSPS) is 13.4. The Kier molecular flexibility index (Phi) is 6.01. The number of Topliss-reactive ketones (excluding diaryl/α,β-unsaturated/α-hetero) is 1. The van der Waals surface area contributed by atoms with E-state index in [0.29, 0.717) is 5.56 Å². The SMILES string of the molecule is CC[C@@H](OC(=O)c1ccc(N2C(=O)c3cccc([N+](=O)[O-])c3C2=O)cc1)C(=O)c1ccccc1. The molecule has 170 valence electrons. The van der Waals surface area contributed by atoms with Gasteiger partial charge in [-0.15, -0.1) is 0 Å². The summed E-state index contributed by atoms with van der Waals surface area (Å²) in [6.07, 6.45) is -0.683. The highest BCUT2D eigenvalue weighted by Crippen LogP contribution is 2.34. The number of imide groups is 1. The summed E-state index contributed by atoms with van der Waals surface area (Å²) in [5.41, 5.74) is -0.0985. The van der Waals surface area contributed by atoms with Crippen LogP contribution in [0.3, 0.4) is 0 Å². The maximum atomic E-state index is 12.8. The van der Waals surface area contributed by atoms with Gasteiger partial charge in [0.15, 0.2) is 6.10 Å². The minimum atomic E-state index is -0.966. The molecule has 0 saturated heterocycles. The van der Waals surface area contributed by atoms with Gasteiger partial charge in [0.05, 0.1) is 21.7 Å². The molecule has 0 aromatic heterocycles. The summed E-state index contributed by atoms with van der Waals surface area (Å²) in [6.45, 7) is 1.73. The molecule has 0 bridgehead atoms. The van der Waals surface area contributed by atoms with E-state index in [2.05, 4.69) is 0 Å². The Morgan fingerprint density at radius 3 is 2.21 bits per heavy atom. The third-order valence-corrected chi connectivity index (χ3v) is 5.42. The van der Waals surface area contributed by atoms with Crippen molar-refractivity contribution >= 4 is 34.9 Å². The fourth-order valence-corrected chi connectivity index (χ4v) is 3.71. The largest absolute Gasteiger partial charge is 0.450 e. The molecular formula is C25H18N2O7. The molecule has 0 unspecified atom stereocenters. The lowest BCUT2D eigenvalue weighted by atomic mass is 10.0. The second-order valence-electron chi connectivity index (χ2n) is 7.48. The number of nitro groups is 1. The summed E-state index contributed by atoms with van der Waals surface area (Å²) < 4.78 is 5.39. The Morgan fingerprint density at radius 2 is 1.59 bits per heavy atom. The van der Waals surface area contributed by atoms with Gasteiger partial charge in [-0.2, -0.15) is 0 Å². The van der Waals surface area contributed by atoms with Crippen molar-refractivity contribution in [1.82, 2.24) is 0 Å². The molecule has 1 heterocycles. The zero-order chi connectivity index (χ0) is 24.4. The average Bonchev–Trinajstić information content (AvgIpc) is 3.12. The van der Waals surface area contributed by atoms with Crippen LogP contribution in [-0.4, -0.2) is 34.6 Å². The summed E-state index contributed by atoms with van der Waals surface area (Å²) in [5.74, 6) is -2.57. The summed E-state index contributed by atoms with van der Waals surface area (Å²) in [6, 6.07) is 17.8. The Morgan fingerprint density at radius 1 is 0.912 bits per heavy atom. The molecule has 34 heavy (non-hydrogen) atoms. The monoisotopic (exact) mass is 458 g/mol. The fraction of sp³-hybridized carbons (Fsp3) is 0.120. The van der Waals surface area contributed by atoms with Crippen LogP contribution in [0.5, 0.6) is 0 Å². The van der Waals surface area contributed by atoms with Gasteiger partial charge in [-0.25, -0.2) is 9.69 Å². The quantitative estimate of drug-likeness (QED) is 0.171. The van der Waals surface area contributed by atoms with Gasteiger partial charge in [-0.3, -0.25) is 24.5 Å². The predicted molar refractivity (Wildman–Crippen MR) is 121 cm³/mol. The van der Waals surface area contributed by atoms with Gasteiger partial charge in [0, 0.05) is 11.6 Å². The standard InChI is InChI=1S/C25H18N2O7/c1-2-20(22(28)15-7-4-3-5-8-15)34-25(31)16-11-13-17(14-12-16)26-23(29)18-9-6-10-19(27(32)33)21(18)24(26)30/h3-14,20H,2H2,1H3/t20-/m1/s1. The van der Waals surface area contributed by atoms with E-state index in [1.165, 1.54) is 36.4 Å². The lowest BCUT2D eigenvalue weighted by molar-refractivity contribution is -0.385. The molecule has 1 aliphatic heterocycles. The summed E-state index contributed by atoms with van der Waals surface area (Å²) in [5, 5.41) is 11.3. The maximum Gasteiger partial charge on any atom is 0.338 e. The molecule has 2 amide bonds. The van der Waals surface area contributed by atoms with Crippen molar-refractivity contribution in [2.45, 2.75) is 19.4 Å². The number of nitro benzene ring substituents is 1. The highest BCUT2D eigenvalue weighted by Gasteiger charge is 2.41. The number of carbonyl (C=O) groups is 4. The first-order valence-corrected chi connectivity index (χ1v) is 10.4. The second kappa shape index (κ2) is 9.07. The lowest BCUT2D eigenvalue weighted by Gasteiger charge is -2.16. The molecule has 9 nitrogen and oxygen atoms in total. The highest BCUT2D eigenvalue weighted by molar-refractivity contribution is 6.35. The van der Waals surface area contributed by atoms with Crippen LogP contribution in [0.1, 0.15) is 54.8 Å². The molecule has 0 N–H and O–H groups in total. The van der Waals surface area contributed by atoms with Gasteiger partial charge in [-0.1, -0.05) is 43.3 Å². The van der Waals surface area contributed by atoms with Crippen LogP contribution in [0.4, 0.5) is 11.4 Å². The zero-order valence-electron chi connectivity index (χ0n) is 18.0. The molecule has 1 aliphatic rings. The zero-order valence-corrected chi connectivity index (χ0v) is 18.0. The first-order chi connectivity index (χ1) is 16.3. The third kappa shape index (κ3) is 3.95. The van der Waals surface area contributed by atoms with Crippen LogP contribution in [0.2, 0.25) is 0 Å². The molecule has 0 aliphatic carbocycles. The van der Waals surface area contributed by atoms with Crippen LogP contribution in [-0.2, 0) is 4.74 Å². The van der Waals surface area contributed by atoms with E-state index < -0.39 is 34.5 Å². The van der Waals surface area contributed by atoms with E-state index in [0.717, 1.165) is 11.0 Å². The minimum Gasteiger partial charge on any atom is -0.450 e. The number of esters is 1. The molecule has 3 aromatic rings. The van der Waals surface area contributed by atoms with Crippen LogP contribution < -0.4 is 4.90 Å². The fourth-order valence-electron chi connectivity index (χ4n) is 3.71. The van der Waals surface area contributed by atoms with Crippen LogP contribution in [0, 0.1) is 10.1 Å². The average molecular weight is 458 g/mol. The maximum absolute atomic E-state index is 12.8. The number of nitrogens with zero attached hydrogens (tertiary/aromatic N) is 2. The van der Waals surface area contributed by atoms with Crippen molar-refractivity contribution in [2.24, 2.45) is 0 Å². The number of amides is 2. The number of rotatable bonds is 7. The lowest BCUT2D eigenvalue weighted by Crippen LogP contribution is -2.29. The van der Waals surface area contributed by atoms with Crippen molar-refractivity contribution < 1.29 is 28.8 Å². The van der Waals surface area contributed by atoms with E-state index in [1.807, 2.05) is 0 Å². The van der Waals surface area contributed by atoms with Crippen LogP contribution in [0.15, 0.2) is 72.8 Å². The molecule has 9 heteroatoms. The number of hydrogen-bond donors (Lipinski definition) is 0. The Labute approximate surface area is 193 Å². The van der Waals surface area contributed by atoms with Gasteiger partial charge in [0.2, 0.25) is 5.78 Å². The molecular weight excluding hydrogens is 440 g/mol. The molecule has 0 fully saturated rings. The Bertz CT molecular complexity index is 1320. The molecule has 0 spiro atoms. The van der Waals surface area contributed by atoms with E-state index in [1.54, 1.807) is 37.3 Å². The predicted octanol–water partition coefficient (Wildman–Crippen LogP) is 4.21. The van der Waals surface area contributed by atoms with E-state index in [4.69, 9.17) is 4.74 Å². The van der Waals surface area contributed by atoms with Gasteiger partial charge in [0.1, 0.15) is 5.56 Å². The van der Waals surface area contributed by atoms with Crippen molar-refractivity contribution in [2.75, 3.05) is 4.90 Å². The van der Waals surface area contributed by atoms with Gasteiger partial charge in [-0.05, 0) is 36.8 Å². The number of benzene rings is 3. The Balaban J connectivity index is 1.53. The Hall–Kier alpha value is -4.66. The van der Waals surface area contributed by atoms with Gasteiger partial charge < -0.3 is 4.74 Å². The highest BCUT2D eigenvalue weighted by atomic mass is 16.6. The number of anilines is 1. The van der Waals surface area contributed by atoms with Crippen LogP contribution in [0.25, 0.3) is 0 Å².